The van der Waals surface area contributed by atoms with Gasteiger partial charge in [0.2, 0.25) is 0 Å². The van der Waals surface area contributed by atoms with Crippen molar-refractivity contribution in [3.63, 3.8) is 0 Å². The fourth-order valence-corrected chi connectivity index (χ4v) is 3.70. The van der Waals surface area contributed by atoms with Gasteiger partial charge in [0.1, 0.15) is 0 Å². The van der Waals surface area contributed by atoms with Crippen LogP contribution in [0, 0.1) is 0 Å². The van der Waals surface area contributed by atoms with E-state index in [4.69, 9.17) is 9.84 Å². The average Bonchev–Trinajstić information content (AvgIpc) is 3.42. The van der Waals surface area contributed by atoms with Crippen LogP contribution < -0.4 is 5.32 Å². The summed E-state index contributed by atoms with van der Waals surface area (Å²) < 4.78 is 7.43. The highest BCUT2D eigenvalue weighted by atomic mass is 16.5. The van der Waals surface area contributed by atoms with Crippen molar-refractivity contribution in [3.05, 3.63) is 35.5 Å². The Morgan fingerprint density at radius 3 is 2.96 bits per heavy atom. The van der Waals surface area contributed by atoms with Crippen molar-refractivity contribution in [1.29, 1.82) is 0 Å². The summed E-state index contributed by atoms with van der Waals surface area (Å²) in [5.41, 5.74) is 5.27. The van der Waals surface area contributed by atoms with Crippen LogP contribution >= 0.6 is 0 Å². The molecule has 0 amide bonds. The first-order valence-electron chi connectivity index (χ1n) is 9.76. The van der Waals surface area contributed by atoms with Gasteiger partial charge in [0.25, 0.3) is 0 Å². The normalized spacial score (nSPS) is 17.9. The topological polar surface area (TPSA) is 39.1 Å². The summed E-state index contributed by atoms with van der Waals surface area (Å²) in [5.74, 6) is 0. The molecule has 0 saturated heterocycles. The zero-order valence-electron chi connectivity index (χ0n) is 15.3. The molecule has 0 spiro atoms. The SMILES string of the molecule is COCCCn1nc(C2=CCCCC2)c2ccc(CNC3CC3)cc21. The smallest absolute Gasteiger partial charge is 0.0958 e. The Labute approximate surface area is 150 Å². The summed E-state index contributed by atoms with van der Waals surface area (Å²) in [6.45, 7) is 2.65. The molecule has 2 aliphatic carbocycles. The molecule has 1 heterocycles. The first kappa shape index (κ1) is 16.8. The van der Waals surface area contributed by atoms with E-state index in [1.165, 1.54) is 59.8 Å². The lowest BCUT2D eigenvalue weighted by molar-refractivity contribution is 0.189. The molecular weight excluding hydrogens is 310 g/mol. The van der Waals surface area contributed by atoms with Gasteiger partial charge in [-0.3, -0.25) is 4.68 Å². The molecule has 1 fully saturated rings. The Morgan fingerprint density at radius 1 is 1.28 bits per heavy atom. The number of nitrogens with zero attached hydrogens (tertiary/aromatic N) is 2. The lowest BCUT2D eigenvalue weighted by Crippen LogP contribution is -2.15. The van der Waals surface area contributed by atoms with Gasteiger partial charge in [-0.25, -0.2) is 0 Å². The fourth-order valence-electron chi connectivity index (χ4n) is 3.70. The number of aryl methyl sites for hydroxylation is 1. The molecule has 1 aromatic carbocycles. The van der Waals surface area contributed by atoms with E-state index in [9.17, 15) is 0 Å². The number of hydrogen-bond acceptors (Lipinski definition) is 3. The predicted molar refractivity (Wildman–Crippen MR) is 103 cm³/mol. The Bertz CT molecular complexity index is 758. The molecule has 134 valence electrons. The quantitative estimate of drug-likeness (QED) is 0.730. The predicted octanol–water partition coefficient (Wildman–Crippen LogP) is 4.28. The highest BCUT2D eigenvalue weighted by Crippen LogP contribution is 2.32. The molecule has 4 nitrogen and oxygen atoms in total. The summed E-state index contributed by atoms with van der Waals surface area (Å²) in [6, 6.07) is 7.62. The van der Waals surface area contributed by atoms with Crippen LogP contribution in [0.25, 0.3) is 16.5 Å². The van der Waals surface area contributed by atoms with Crippen molar-refractivity contribution in [2.24, 2.45) is 0 Å². The van der Waals surface area contributed by atoms with Crippen molar-refractivity contribution in [3.8, 4) is 0 Å². The van der Waals surface area contributed by atoms with Gasteiger partial charge in [-0.15, -0.1) is 0 Å². The maximum absolute atomic E-state index is 5.23. The van der Waals surface area contributed by atoms with E-state index in [1.54, 1.807) is 7.11 Å². The van der Waals surface area contributed by atoms with Crippen LogP contribution in [-0.2, 0) is 17.8 Å². The second kappa shape index (κ2) is 7.71. The van der Waals surface area contributed by atoms with Crippen LogP contribution in [0.4, 0.5) is 0 Å². The van der Waals surface area contributed by atoms with Gasteiger partial charge in [0.05, 0.1) is 11.2 Å². The Kier molecular flexibility index (Phi) is 5.18. The summed E-state index contributed by atoms with van der Waals surface area (Å²) in [7, 11) is 1.76. The molecule has 2 aromatic rings. The molecule has 4 rings (SSSR count). The summed E-state index contributed by atoms with van der Waals surface area (Å²) in [5, 5.41) is 9.93. The second-order valence-electron chi connectivity index (χ2n) is 7.40. The third kappa shape index (κ3) is 3.96. The maximum Gasteiger partial charge on any atom is 0.0958 e. The zero-order valence-corrected chi connectivity index (χ0v) is 15.3. The molecule has 1 N–H and O–H groups in total. The number of benzene rings is 1. The first-order chi connectivity index (χ1) is 12.3. The van der Waals surface area contributed by atoms with E-state index in [0.29, 0.717) is 0 Å². The molecule has 25 heavy (non-hydrogen) atoms. The number of ether oxygens (including phenoxy) is 1. The van der Waals surface area contributed by atoms with Gasteiger partial charge in [-0.1, -0.05) is 18.2 Å². The van der Waals surface area contributed by atoms with Crippen molar-refractivity contribution in [1.82, 2.24) is 15.1 Å². The third-order valence-electron chi connectivity index (χ3n) is 5.30. The number of hydrogen-bond donors (Lipinski definition) is 1. The van der Waals surface area contributed by atoms with E-state index in [1.807, 2.05) is 0 Å². The van der Waals surface area contributed by atoms with Crippen LogP contribution in [0.3, 0.4) is 0 Å². The zero-order chi connectivity index (χ0) is 17.1. The molecule has 0 aliphatic heterocycles. The number of rotatable bonds is 8. The number of aromatic nitrogens is 2. The monoisotopic (exact) mass is 339 g/mol. The van der Waals surface area contributed by atoms with E-state index in [0.717, 1.165) is 38.6 Å². The summed E-state index contributed by atoms with van der Waals surface area (Å²) in [4.78, 5) is 0. The molecule has 1 saturated carbocycles. The third-order valence-corrected chi connectivity index (χ3v) is 5.30. The Hall–Kier alpha value is -1.65. The highest BCUT2D eigenvalue weighted by molar-refractivity contribution is 5.91. The Balaban J connectivity index is 1.65. The minimum Gasteiger partial charge on any atom is -0.385 e. The maximum atomic E-state index is 5.23. The summed E-state index contributed by atoms with van der Waals surface area (Å²) >= 11 is 0. The lowest BCUT2D eigenvalue weighted by Gasteiger charge is -2.10. The van der Waals surface area contributed by atoms with Crippen LogP contribution in [0.2, 0.25) is 0 Å². The van der Waals surface area contributed by atoms with Crippen molar-refractivity contribution < 1.29 is 4.74 Å². The largest absolute Gasteiger partial charge is 0.385 e. The molecule has 0 atom stereocenters. The van der Waals surface area contributed by atoms with E-state index in [-0.39, 0.29) is 0 Å². The number of methoxy groups -OCH3 is 1. The van der Waals surface area contributed by atoms with Crippen molar-refractivity contribution >= 4 is 16.5 Å². The number of fused-ring (bicyclic) bond motifs is 1. The van der Waals surface area contributed by atoms with Gasteiger partial charge in [-0.05, 0) is 62.1 Å². The molecule has 0 bridgehead atoms. The van der Waals surface area contributed by atoms with Gasteiger partial charge >= 0.3 is 0 Å². The van der Waals surface area contributed by atoms with Crippen LogP contribution in [0.1, 0.15) is 56.2 Å². The highest BCUT2D eigenvalue weighted by Gasteiger charge is 2.20. The van der Waals surface area contributed by atoms with E-state index in [2.05, 4.69) is 34.3 Å². The van der Waals surface area contributed by atoms with Gasteiger partial charge in [-0.2, -0.15) is 5.10 Å². The molecular formula is C21H29N3O. The lowest BCUT2D eigenvalue weighted by atomic mass is 9.95. The molecule has 4 heteroatoms. The van der Waals surface area contributed by atoms with Crippen LogP contribution in [0.5, 0.6) is 0 Å². The van der Waals surface area contributed by atoms with Gasteiger partial charge in [0, 0.05) is 38.2 Å². The van der Waals surface area contributed by atoms with E-state index < -0.39 is 0 Å². The first-order valence-corrected chi connectivity index (χ1v) is 9.76. The van der Waals surface area contributed by atoms with Gasteiger partial charge in [0.15, 0.2) is 0 Å². The molecule has 0 unspecified atom stereocenters. The average molecular weight is 339 g/mol. The second-order valence-corrected chi connectivity index (χ2v) is 7.40. The number of nitrogens with one attached hydrogen (secondary N) is 1. The van der Waals surface area contributed by atoms with E-state index >= 15 is 0 Å². The van der Waals surface area contributed by atoms with Crippen LogP contribution in [0.15, 0.2) is 24.3 Å². The standard InChI is InChI=1S/C21H29N3O/c1-25-13-5-12-24-20-14-16(15-22-18-9-10-18)8-11-19(20)21(23-24)17-6-3-2-4-7-17/h6,8,11,14,18,22H,2-5,7,9-10,12-13,15H2,1H3. The van der Waals surface area contributed by atoms with Crippen LogP contribution in [-0.4, -0.2) is 29.5 Å². The number of allylic oxidation sites excluding steroid dienone is 2. The fraction of sp³-hybridized carbons (Fsp3) is 0.571. The van der Waals surface area contributed by atoms with Gasteiger partial charge < -0.3 is 10.1 Å². The van der Waals surface area contributed by atoms with Crippen molar-refractivity contribution in [2.45, 2.75) is 64.1 Å². The minimum atomic E-state index is 0.741. The molecule has 1 aromatic heterocycles. The van der Waals surface area contributed by atoms with Crippen molar-refractivity contribution in [2.75, 3.05) is 13.7 Å². The molecule has 0 radical (unpaired) electrons. The Morgan fingerprint density at radius 2 is 2.20 bits per heavy atom. The molecule has 2 aliphatic rings. The minimum absolute atomic E-state index is 0.741. The summed E-state index contributed by atoms with van der Waals surface area (Å²) in [6.07, 6.45) is 11.0.